The molecular formula is C7H16N2O3S. The fourth-order valence-electron chi connectivity index (χ4n) is 1.38. The van der Waals surface area contributed by atoms with Crippen molar-refractivity contribution in [3.8, 4) is 0 Å². The van der Waals surface area contributed by atoms with Crippen LogP contribution in [0.2, 0.25) is 0 Å². The maximum Gasteiger partial charge on any atom is 0.279 e. The lowest BCUT2D eigenvalue weighted by Crippen LogP contribution is -2.38. The quantitative estimate of drug-likeness (QED) is 0.621. The van der Waals surface area contributed by atoms with Crippen molar-refractivity contribution in [2.75, 3.05) is 20.1 Å². The van der Waals surface area contributed by atoms with Gasteiger partial charge in [-0.05, 0) is 0 Å². The lowest BCUT2D eigenvalue weighted by Gasteiger charge is -2.20. The summed E-state index contributed by atoms with van der Waals surface area (Å²) in [6, 6.07) is 0. The van der Waals surface area contributed by atoms with E-state index >= 15 is 0 Å². The van der Waals surface area contributed by atoms with E-state index in [4.69, 9.17) is 0 Å². The van der Waals surface area contributed by atoms with Crippen LogP contribution in [0.4, 0.5) is 0 Å². The number of nitrogens with zero attached hydrogens (tertiary/aromatic N) is 1. The SMILES string of the molecule is CNS(=O)(=O)N1CC(O)C(C)(C)C1. The molecule has 1 heterocycles. The van der Waals surface area contributed by atoms with Gasteiger partial charge in [0.2, 0.25) is 0 Å². The van der Waals surface area contributed by atoms with Crippen LogP contribution >= 0.6 is 0 Å². The zero-order valence-electron chi connectivity index (χ0n) is 8.11. The number of aliphatic hydroxyl groups excluding tert-OH is 1. The summed E-state index contributed by atoms with van der Waals surface area (Å²) in [7, 11) is -2.01. The average Bonchev–Trinajstić information content (AvgIpc) is 2.28. The lowest BCUT2D eigenvalue weighted by atomic mass is 9.90. The highest BCUT2D eigenvalue weighted by Crippen LogP contribution is 2.30. The molecule has 0 amide bonds. The summed E-state index contributed by atoms with van der Waals surface area (Å²) in [5.41, 5.74) is -0.357. The third-order valence-electron chi connectivity index (χ3n) is 2.46. The molecule has 2 N–H and O–H groups in total. The van der Waals surface area contributed by atoms with Gasteiger partial charge in [0.1, 0.15) is 0 Å². The Morgan fingerprint density at radius 1 is 1.54 bits per heavy atom. The van der Waals surface area contributed by atoms with Crippen LogP contribution in [0.3, 0.4) is 0 Å². The first-order valence-corrected chi connectivity index (χ1v) is 5.60. The number of hydrogen-bond acceptors (Lipinski definition) is 3. The molecule has 0 aromatic rings. The molecule has 1 rings (SSSR count). The Balaban J connectivity index is 2.81. The highest BCUT2D eigenvalue weighted by molar-refractivity contribution is 7.87. The minimum Gasteiger partial charge on any atom is -0.391 e. The van der Waals surface area contributed by atoms with Gasteiger partial charge in [-0.25, -0.2) is 4.72 Å². The summed E-state index contributed by atoms with van der Waals surface area (Å²) in [5.74, 6) is 0. The molecule has 0 aromatic carbocycles. The summed E-state index contributed by atoms with van der Waals surface area (Å²) in [6.07, 6.45) is -0.587. The zero-order chi connectivity index (χ0) is 10.3. The largest absolute Gasteiger partial charge is 0.391 e. The molecule has 1 aliphatic heterocycles. The molecule has 13 heavy (non-hydrogen) atoms. The normalized spacial score (nSPS) is 29.4. The molecule has 0 radical (unpaired) electrons. The second-order valence-electron chi connectivity index (χ2n) is 4.01. The molecule has 1 saturated heterocycles. The Morgan fingerprint density at radius 2 is 2.08 bits per heavy atom. The molecule has 0 bridgehead atoms. The first-order chi connectivity index (χ1) is 5.79. The van der Waals surface area contributed by atoms with E-state index in [1.54, 1.807) is 0 Å². The minimum atomic E-state index is -3.38. The number of nitrogens with one attached hydrogen (secondary N) is 1. The van der Waals surface area contributed by atoms with Crippen molar-refractivity contribution in [1.29, 1.82) is 0 Å². The van der Waals surface area contributed by atoms with E-state index in [2.05, 4.69) is 4.72 Å². The van der Waals surface area contributed by atoms with Crippen molar-refractivity contribution in [2.24, 2.45) is 5.41 Å². The Hall–Kier alpha value is -0.170. The van der Waals surface area contributed by atoms with E-state index in [0.717, 1.165) is 0 Å². The number of aliphatic hydroxyl groups is 1. The van der Waals surface area contributed by atoms with Crippen molar-refractivity contribution in [3.05, 3.63) is 0 Å². The minimum absolute atomic E-state index is 0.177. The van der Waals surface area contributed by atoms with E-state index in [1.165, 1.54) is 11.4 Å². The molecule has 0 aromatic heterocycles. The van der Waals surface area contributed by atoms with Crippen molar-refractivity contribution in [3.63, 3.8) is 0 Å². The van der Waals surface area contributed by atoms with Crippen LogP contribution in [-0.2, 0) is 10.2 Å². The molecule has 0 aliphatic carbocycles. The van der Waals surface area contributed by atoms with Gasteiger partial charge >= 0.3 is 0 Å². The van der Waals surface area contributed by atoms with Crippen molar-refractivity contribution < 1.29 is 13.5 Å². The van der Waals surface area contributed by atoms with Crippen LogP contribution in [0.15, 0.2) is 0 Å². The van der Waals surface area contributed by atoms with E-state index in [1.807, 2.05) is 13.8 Å². The molecule has 5 nitrogen and oxygen atoms in total. The van der Waals surface area contributed by atoms with Gasteiger partial charge in [-0.15, -0.1) is 0 Å². The first-order valence-electron chi connectivity index (χ1n) is 4.16. The predicted octanol–water partition coefficient (Wildman–Crippen LogP) is -0.847. The van der Waals surface area contributed by atoms with E-state index in [-0.39, 0.29) is 12.0 Å². The van der Waals surface area contributed by atoms with E-state index < -0.39 is 16.3 Å². The Labute approximate surface area is 78.9 Å². The predicted molar refractivity (Wildman–Crippen MR) is 49.3 cm³/mol. The Bertz CT molecular complexity index is 286. The van der Waals surface area contributed by atoms with Crippen LogP contribution in [0, 0.1) is 5.41 Å². The average molecular weight is 208 g/mol. The van der Waals surface area contributed by atoms with Crippen molar-refractivity contribution in [2.45, 2.75) is 20.0 Å². The number of β-amino-alcohol motifs (C(OH)–C–C–N with tert-alkyl or cyclic N) is 1. The van der Waals surface area contributed by atoms with E-state index in [0.29, 0.717) is 6.54 Å². The molecule has 1 atom stereocenters. The van der Waals surface area contributed by atoms with Gasteiger partial charge in [0.25, 0.3) is 10.2 Å². The van der Waals surface area contributed by atoms with Crippen molar-refractivity contribution >= 4 is 10.2 Å². The maximum absolute atomic E-state index is 11.3. The van der Waals surface area contributed by atoms with Crippen LogP contribution < -0.4 is 4.72 Å². The zero-order valence-corrected chi connectivity index (χ0v) is 8.93. The number of hydrogen-bond donors (Lipinski definition) is 2. The molecule has 6 heteroatoms. The third-order valence-corrected chi connectivity index (χ3v) is 3.93. The lowest BCUT2D eigenvalue weighted by molar-refractivity contribution is 0.0960. The Morgan fingerprint density at radius 3 is 2.38 bits per heavy atom. The summed E-state index contributed by atoms with van der Waals surface area (Å²) >= 11 is 0. The van der Waals surface area contributed by atoms with Crippen LogP contribution in [-0.4, -0.2) is 44.1 Å². The Kier molecular flexibility index (Phi) is 2.68. The van der Waals surface area contributed by atoms with Gasteiger partial charge in [-0.3, -0.25) is 0 Å². The molecule has 78 valence electrons. The summed E-state index contributed by atoms with van der Waals surface area (Å²) in [4.78, 5) is 0. The molecule has 1 aliphatic rings. The van der Waals surface area contributed by atoms with Gasteiger partial charge < -0.3 is 5.11 Å². The first kappa shape index (κ1) is 10.9. The molecule has 1 unspecified atom stereocenters. The van der Waals surface area contributed by atoms with Gasteiger partial charge in [0, 0.05) is 25.6 Å². The second-order valence-corrected chi connectivity index (χ2v) is 5.88. The highest BCUT2D eigenvalue weighted by Gasteiger charge is 2.42. The molecule has 0 saturated carbocycles. The van der Waals surface area contributed by atoms with Crippen molar-refractivity contribution in [1.82, 2.24) is 9.03 Å². The standard InChI is InChI=1S/C7H16N2O3S/c1-7(2)5-9(4-6(7)10)13(11,12)8-3/h6,8,10H,4-5H2,1-3H3. The van der Waals surface area contributed by atoms with Gasteiger partial charge in [0.15, 0.2) is 0 Å². The van der Waals surface area contributed by atoms with Crippen LogP contribution in [0.1, 0.15) is 13.8 Å². The van der Waals surface area contributed by atoms with E-state index in [9.17, 15) is 13.5 Å². The third kappa shape index (κ3) is 2.01. The van der Waals surface area contributed by atoms with Gasteiger partial charge in [-0.2, -0.15) is 12.7 Å². The van der Waals surface area contributed by atoms with Crippen LogP contribution in [0.5, 0.6) is 0 Å². The monoisotopic (exact) mass is 208 g/mol. The summed E-state index contributed by atoms with van der Waals surface area (Å²) < 4.78 is 26.2. The summed E-state index contributed by atoms with van der Waals surface area (Å²) in [5, 5.41) is 9.55. The highest BCUT2D eigenvalue weighted by atomic mass is 32.2. The van der Waals surface area contributed by atoms with Crippen LogP contribution in [0.25, 0.3) is 0 Å². The molecule has 0 spiro atoms. The number of rotatable bonds is 2. The molecule has 1 fully saturated rings. The maximum atomic E-state index is 11.3. The fraction of sp³-hybridized carbons (Fsp3) is 1.00. The summed E-state index contributed by atoms with van der Waals surface area (Å²) in [6.45, 7) is 4.24. The van der Waals surface area contributed by atoms with Gasteiger partial charge in [-0.1, -0.05) is 13.8 Å². The topological polar surface area (TPSA) is 69.6 Å². The molecular weight excluding hydrogens is 192 g/mol. The fourth-order valence-corrected chi connectivity index (χ4v) is 2.48. The smallest absolute Gasteiger partial charge is 0.279 e. The second kappa shape index (κ2) is 3.20. The van der Waals surface area contributed by atoms with Gasteiger partial charge in [0.05, 0.1) is 6.10 Å².